The van der Waals surface area contributed by atoms with E-state index >= 15 is 8.78 Å². The number of amidine groups is 1. The first kappa shape index (κ1) is 19.2. The first-order valence-corrected chi connectivity index (χ1v) is 8.10. The number of alkyl halides is 2. The standard InChI is InChI=1S/C18H18F4N4O/c1-16(2)18(21,22)17(3,26-15(23)8-27-16)12-4-11(13(19)5-14(12)20)10-6-24-9-25-7-10/h4-7,9H,8H2,1-3H3,(H2,23,26). The molecule has 0 aliphatic carbocycles. The average molecular weight is 382 g/mol. The van der Waals surface area contributed by atoms with Gasteiger partial charge in [-0.2, -0.15) is 0 Å². The van der Waals surface area contributed by atoms with Crippen molar-refractivity contribution in [1.29, 1.82) is 0 Å². The Bertz CT molecular complexity index is 902. The van der Waals surface area contributed by atoms with Crippen LogP contribution in [0.2, 0.25) is 0 Å². The molecule has 1 aromatic carbocycles. The Morgan fingerprint density at radius 3 is 2.30 bits per heavy atom. The number of aliphatic imine (C=N–C) groups is 1. The van der Waals surface area contributed by atoms with Crippen molar-refractivity contribution in [2.24, 2.45) is 10.7 Å². The van der Waals surface area contributed by atoms with Crippen molar-refractivity contribution in [3.05, 3.63) is 48.1 Å². The number of halogens is 4. The molecule has 0 saturated heterocycles. The predicted molar refractivity (Wildman–Crippen MR) is 91.3 cm³/mol. The van der Waals surface area contributed by atoms with Gasteiger partial charge in [0.25, 0.3) is 0 Å². The molecule has 9 heteroatoms. The summed E-state index contributed by atoms with van der Waals surface area (Å²) in [7, 11) is 0. The van der Waals surface area contributed by atoms with Crippen molar-refractivity contribution in [3.8, 4) is 11.1 Å². The van der Waals surface area contributed by atoms with Crippen molar-refractivity contribution in [1.82, 2.24) is 9.97 Å². The van der Waals surface area contributed by atoms with E-state index in [0.717, 1.165) is 13.0 Å². The molecule has 1 aliphatic rings. The zero-order chi connectivity index (χ0) is 20.0. The molecule has 1 aromatic heterocycles. The first-order chi connectivity index (χ1) is 12.5. The van der Waals surface area contributed by atoms with E-state index in [1.807, 2.05) is 0 Å². The largest absolute Gasteiger partial charge is 0.385 e. The molecule has 2 heterocycles. The van der Waals surface area contributed by atoms with Crippen LogP contribution < -0.4 is 5.73 Å². The van der Waals surface area contributed by atoms with Crippen molar-refractivity contribution in [2.45, 2.75) is 37.8 Å². The molecule has 144 valence electrons. The number of hydrogen-bond donors (Lipinski definition) is 1. The Hall–Kier alpha value is -2.55. The third-order valence-electron chi connectivity index (χ3n) is 4.77. The van der Waals surface area contributed by atoms with Gasteiger partial charge in [0.2, 0.25) is 0 Å². The highest BCUT2D eigenvalue weighted by molar-refractivity contribution is 5.82. The van der Waals surface area contributed by atoms with Gasteiger partial charge in [-0.25, -0.2) is 27.5 Å². The van der Waals surface area contributed by atoms with E-state index in [0.29, 0.717) is 6.07 Å². The number of nitrogens with zero attached hydrogens (tertiary/aromatic N) is 3. The van der Waals surface area contributed by atoms with Crippen molar-refractivity contribution >= 4 is 5.84 Å². The fourth-order valence-corrected chi connectivity index (χ4v) is 3.13. The van der Waals surface area contributed by atoms with Gasteiger partial charge in [-0.15, -0.1) is 0 Å². The molecular weight excluding hydrogens is 364 g/mol. The van der Waals surface area contributed by atoms with Crippen LogP contribution in [0.5, 0.6) is 0 Å². The van der Waals surface area contributed by atoms with Crippen LogP contribution in [0.25, 0.3) is 11.1 Å². The molecule has 0 bridgehead atoms. The van der Waals surface area contributed by atoms with E-state index in [1.165, 1.54) is 32.6 Å². The molecule has 0 radical (unpaired) electrons. The summed E-state index contributed by atoms with van der Waals surface area (Å²) in [4.78, 5) is 11.4. The van der Waals surface area contributed by atoms with Gasteiger partial charge in [-0.1, -0.05) is 0 Å². The van der Waals surface area contributed by atoms with Gasteiger partial charge in [0.05, 0.1) is 0 Å². The number of hydrogen-bond acceptors (Lipinski definition) is 5. The molecule has 0 saturated carbocycles. The molecule has 2 aromatic rings. The monoisotopic (exact) mass is 382 g/mol. The van der Waals surface area contributed by atoms with Crippen molar-refractivity contribution in [2.75, 3.05) is 6.61 Å². The second-order valence-corrected chi connectivity index (χ2v) is 6.99. The van der Waals surface area contributed by atoms with Gasteiger partial charge < -0.3 is 10.5 Å². The highest BCUT2D eigenvalue weighted by Gasteiger charge is 2.64. The normalized spacial score (nSPS) is 24.2. The van der Waals surface area contributed by atoms with Crippen LogP contribution in [0.15, 0.2) is 35.8 Å². The minimum absolute atomic E-state index is 0.124. The molecule has 3 rings (SSSR count). The molecule has 1 aliphatic heterocycles. The van der Waals surface area contributed by atoms with Gasteiger partial charge >= 0.3 is 5.92 Å². The van der Waals surface area contributed by atoms with Crippen LogP contribution in [0.4, 0.5) is 17.6 Å². The van der Waals surface area contributed by atoms with E-state index < -0.39 is 34.3 Å². The third kappa shape index (κ3) is 2.95. The van der Waals surface area contributed by atoms with Crippen LogP contribution >= 0.6 is 0 Å². The van der Waals surface area contributed by atoms with E-state index in [2.05, 4.69) is 15.0 Å². The Balaban J connectivity index is 2.29. The Morgan fingerprint density at radius 1 is 1.04 bits per heavy atom. The molecule has 1 atom stereocenters. The summed E-state index contributed by atoms with van der Waals surface area (Å²) in [6, 6.07) is 1.54. The molecule has 0 amide bonds. The number of nitrogens with two attached hydrogens (primary N) is 1. The quantitative estimate of drug-likeness (QED) is 0.808. The van der Waals surface area contributed by atoms with Crippen LogP contribution in [-0.4, -0.2) is 33.9 Å². The molecule has 27 heavy (non-hydrogen) atoms. The predicted octanol–water partition coefficient (Wildman–Crippen LogP) is 3.44. The van der Waals surface area contributed by atoms with Gasteiger partial charge in [0.1, 0.15) is 36.0 Å². The zero-order valence-corrected chi connectivity index (χ0v) is 14.9. The molecular formula is C18H18F4N4O. The minimum atomic E-state index is -3.66. The van der Waals surface area contributed by atoms with Gasteiger partial charge in [0.15, 0.2) is 5.54 Å². The van der Waals surface area contributed by atoms with Crippen LogP contribution in [0.3, 0.4) is 0 Å². The maximum absolute atomic E-state index is 15.4. The van der Waals surface area contributed by atoms with Crippen LogP contribution in [-0.2, 0) is 10.3 Å². The highest BCUT2D eigenvalue weighted by Crippen LogP contribution is 2.51. The molecule has 5 nitrogen and oxygen atoms in total. The lowest BCUT2D eigenvalue weighted by atomic mass is 9.77. The molecule has 0 spiro atoms. The Labute approximate surface area is 153 Å². The Morgan fingerprint density at radius 2 is 1.67 bits per heavy atom. The lowest BCUT2D eigenvalue weighted by Crippen LogP contribution is -2.56. The molecule has 0 fully saturated rings. The summed E-state index contributed by atoms with van der Waals surface area (Å²) in [5.41, 5.74) is 0.863. The Kier molecular flexibility index (Phi) is 4.46. The third-order valence-corrected chi connectivity index (χ3v) is 4.77. The maximum Gasteiger partial charge on any atom is 0.304 e. The van der Waals surface area contributed by atoms with E-state index in [9.17, 15) is 8.78 Å². The topological polar surface area (TPSA) is 73.4 Å². The van der Waals surface area contributed by atoms with E-state index in [4.69, 9.17) is 10.5 Å². The number of ether oxygens (including phenoxy) is 1. The summed E-state index contributed by atoms with van der Waals surface area (Å²) in [6.07, 6.45) is 3.83. The second kappa shape index (κ2) is 6.26. The summed E-state index contributed by atoms with van der Waals surface area (Å²) in [5.74, 6) is -5.97. The van der Waals surface area contributed by atoms with Crippen molar-refractivity contribution < 1.29 is 22.3 Å². The zero-order valence-electron chi connectivity index (χ0n) is 14.9. The lowest BCUT2D eigenvalue weighted by molar-refractivity contribution is -0.214. The second-order valence-electron chi connectivity index (χ2n) is 6.99. The number of benzene rings is 1. The summed E-state index contributed by atoms with van der Waals surface area (Å²) in [6.45, 7) is 3.07. The maximum atomic E-state index is 15.4. The van der Waals surface area contributed by atoms with E-state index in [-0.39, 0.29) is 23.6 Å². The number of aromatic nitrogens is 2. The van der Waals surface area contributed by atoms with E-state index in [1.54, 1.807) is 0 Å². The first-order valence-electron chi connectivity index (χ1n) is 8.10. The average Bonchev–Trinajstić information content (AvgIpc) is 2.65. The highest BCUT2D eigenvalue weighted by atomic mass is 19.3. The summed E-state index contributed by atoms with van der Waals surface area (Å²) in [5, 5.41) is 0. The van der Waals surface area contributed by atoms with Crippen LogP contribution in [0, 0.1) is 11.6 Å². The number of rotatable bonds is 2. The van der Waals surface area contributed by atoms with Crippen molar-refractivity contribution in [3.63, 3.8) is 0 Å². The van der Waals surface area contributed by atoms with Gasteiger partial charge in [0, 0.05) is 35.2 Å². The fourth-order valence-electron chi connectivity index (χ4n) is 3.13. The van der Waals surface area contributed by atoms with Gasteiger partial charge in [-0.3, -0.25) is 4.99 Å². The van der Waals surface area contributed by atoms with Crippen LogP contribution in [0.1, 0.15) is 26.3 Å². The lowest BCUT2D eigenvalue weighted by Gasteiger charge is -2.42. The molecule has 1 unspecified atom stereocenters. The fraction of sp³-hybridized carbons (Fsp3) is 0.389. The summed E-state index contributed by atoms with van der Waals surface area (Å²) >= 11 is 0. The SMILES string of the molecule is CC1(C)OCC(N)=NC(C)(c2cc(-c3cncnc3)c(F)cc2F)C1(F)F. The molecule has 2 N–H and O–H groups in total. The minimum Gasteiger partial charge on any atom is -0.385 e. The van der Waals surface area contributed by atoms with Gasteiger partial charge in [-0.05, 0) is 26.8 Å². The summed E-state index contributed by atoms with van der Waals surface area (Å²) < 4.78 is 65.0. The smallest absolute Gasteiger partial charge is 0.304 e.